The molecule has 0 spiro atoms. The number of nitrogens with one attached hydrogen (secondary N) is 1. The van der Waals surface area contributed by atoms with Crippen molar-refractivity contribution in [2.75, 3.05) is 19.8 Å². The molecule has 162 valence electrons. The second-order valence-corrected chi connectivity index (χ2v) is 9.24. The Labute approximate surface area is 187 Å². The zero-order valence-electron chi connectivity index (χ0n) is 15.7. The normalized spacial score (nSPS) is 22.8. The molecular formula is C18H18Cl3N3O6. The van der Waals surface area contributed by atoms with Crippen LogP contribution in [0, 0.1) is 0 Å². The van der Waals surface area contributed by atoms with Crippen LogP contribution in [0.3, 0.4) is 0 Å². The largest absolute Gasteiger partial charge is 0.484 e. The molecule has 0 aliphatic carbocycles. The van der Waals surface area contributed by atoms with Gasteiger partial charge in [-0.05, 0) is 12.1 Å². The number of rotatable bonds is 6. The van der Waals surface area contributed by atoms with Gasteiger partial charge in [-0.1, -0.05) is 53.0 Å². The number of β-lactam (4-membered cyclic amide) rings is 1. The number of halogens is 3. The first-order valence-corrected chi connectivity index (χ1v) is 10.0. The van der Waals surface area contributed by atoms with Gasteiger partial charge in [-0.2, -0.15) is 0 Å². The average molecular weight is 479 g/mol. The molecule has 2 heterocycles. The summed E-state index contributed by atoms with van der Waals surface area (Å²) in [5, 5.41) is 2.57. The van der Waals surface area contributed by atoms with Gasteiger partial charge in [0.1, 0.15) is 18.4 Å². The SMILES string of the molecule is CC(=O)N1CC2[C@H](NC(=O)COc3ccccc3)C(=O)N2C1C(=O)OCC(Cl)(Cl)Cl. The molecule has 12 heteroatoms. The van der Waals surface area contributed by atoms with E-state index < -0.39 is 52.3 Å². The maximum atomic E-state index is 12.6. The van der Waals surface area contributed by atoms with E-state index in [0.29, 0.717) is 5.75 Å². The second kappa shape index (κ2) is 8.87. The fraction of sp³-hybridized carbons (Fsp3) is 0.444. The molecule has 0 aromatic heterocycles. The van der Waals surface area contributed by atoms with Crippen LogP contribution in [0.5, 0.6) is 5.75 Å². The maximum absolute atomic E-state index is 12.6. The van der Waals surface area contributed by atoms with Crippen LogP contribution in [0.15, 0.2) is 30.3 Å². The lowest BCUT2D eigenvalue weighted by molar-refractivity contribution is -0.169. The molecular weight excluding hydrogens is 461 g/mol. The molecule has 2 fully saturated rings. The van der Waals surface area contributed by atoms with E-state index in [1.165, 1.54) is 16.7 Å². The minimum Gasteiger partial charge on any atom is -0.484 e. The molecule has 2 unspecified atom stereocenters. The maximum Gasteiger partial charge on any atom is 0.350 e. The van der Waals surface area contributed by atoms with Gasteiger partial charge in [0.25, 0.3) is 5.91 Å². The molecule has 30 heavy (non-hydrogen) atoms. The van der Waals surface area contributed by atoms with Crippen LogP contribution in [0.2, 0.25) is 0 Å². The lowest BCUT2D eigenvalue weighted by Crippen LogP contribution is -2.71. The third-order valence-corrected chi connectivity index (χ3v) is 4.96. The van der Waals surface area contributed by atoms with Crippen molar-refractivity contribution >= 4 is 58.5 Å². The molecule has 0 radical (unpaired) electrons. The Bertz CT molecular complexity index is 847. The zero-order valence-corrected chi connectivity index (χ0v) is 18.0. The molecule has 2 aliphatic rings. The number of ether oxygens (including phenoxy) is 2. The van der Waals surface area contributed by atoms with Crippen molar-refractivity contribution in [3.05, 3.63) is 30.3 Å². The minimum atomic E-state index is -1.83. The van der Waals surface area contributed by atoms with Crippen LogP contribution in [0.1, 0.15) is 6.92 Å². The number of alkyl halides is 3. The third kappa shape index (κ3) is 4.91. The van der Waals surface area contributed by atoms with Gasteiger partial charge in [0.2, 0.25) is 21.8 Å². The van der Waals surface area contributed by atoms with E-state index in [2.05, 4.69) is 5.32 Å². The summed E-state index contributed by atoms with van der Waals surface area (Å²) in [6.07, 6.45) is -1.28. The fourth-order valence-electron chi connectivity index (χ4n) is 3.32. The Kier molecular flexibility index (Phi) is 6.64. The standard InChI is InChI=1S/C18H18Cl3N3O6/c1-10(25)23-7-12-14(22-13(26)8-29-11-5-3-2-4-6-11)16(27)24(12)15(23)17(28)30-9-18(19,20)21/h2-6,12,14-15H,7-9H2,1H3,(H,22,26)/t12?,14-,15?/m0/s1. The van der Waals surface area contributed by atoms with Gasteiger partial charge < -0.3 is 24.6 Å². The molecule has 1 aromatic rings. The Morgan fingerprint density at radius 2 is 1.87 bits per heavy atom. The number of carbonyl (C=O) groups is 4. The number of amides is 3. The van der Waals surface area contributed by atoms with Crippen molar-refractivity contribution in [1.29, 1.82) is 0 Å². The number of para-hydroxylation sites is 1. The smallest absolute Gasteiger partial charge is 0.350 e. The molecule has 2 saturated heterocycles. The average Bonchev–Trinajstić information content (AvgIpc) is 3.05. The number of fused-ring (bicyclic) bond motifs is 1. The lowest BCUT2D eigenvalue weighted by Gasteiger charge is -2.43. The fourth-order valence-corrected chi connectivity index (χ4v) is 3.49. The van der Waals surface area contributed by atoms with Gasteiger partial charge in [0, 0.05) is 13.5 Å². The first kappa shape index (κ1) is 22.5. The summed E-state index contributed by atoms with van der Waals surface area (Å²) in [5.74, 6) is -1.86. The van der Waals surface area contributed by atoms with E-state index in [0.717, 1.165) is 0 Å². The van der Waals surface area contributed by atoms with Gasteiger partial charge >= 0.3 is 5.97 Å². The van der Waals surface area contributed by atoms with Gasteiger partial charge in [-0.25, -0.2) is 4.79 Å². The number of esters is 1. The molecule has 1 aromatic carbocycles. The molecule has 3 atom stereocenters. The predicted molar refractivity (Wildman–Crippen MR) is 107 cm³/mol. The molecule has 1 N–H and O–H groups in total. The number of benzene rings is 1. The van der Waals surface area contributed by atoms with Crippen molar-refractivity contribution in [1.82, 2.24) is 15.1 Å². The Morgan fingerprint density at radius 3 is 2.47 bits per heavy atom. The monoisotopic (exact) mass is 477 g/mol. The van der Waals surface area contributed by atoms with E-state index in [4.69, 9.17) is 44.3 Å². The van der Waals surface area contributed by atoms with E-state index in [9.17, 15) is 19.2 Å². The van der Waals surface area contributed by atoms with Gasteiger partial charge in [0.05, 0.1) is 6.04 Å². The second-order valence-electron chi connectivity index (χ2n) is 6.73. The summed E-state index contributed by atoms with van der Waals surface area (Å²) in [7, 11) is 0. The lowest BCUT2D eigenvalue weighted by atomic mass is 9.96. The van der Waals surface area contributed by atoms with E-state index in [-0.39, 0.29) is 13.2 Å². The summed E-state index contributed by atoms with van der Waals surface area (Å²) in [5.41, 5.74) is 0. The predicted octanol–water partition coefficient (Wildman–Crippen LogP) is 0.863. The van der Waals surface area contributed by atoms with E-state index >= 15 is 0 Å². The van der Waals surface area contributed by atoms with Gasteiger partial charge in [0.15, 0.2) is 6.61 Å². The number of nitrogens with zero attached hydrogens (tertiary/aromatic N) is 2. The van der Waals surface area contributed by atoms with Crippen LogP contribution in [0.25, 0.3) is 0 Å². The highest BCUT2D eigenvalue weighted by Crippen LogP contribution is 2.34. The van der Waals surface area contributed by atoms with Crippen molar-refractivity contribution in [3.63, 3.8) is 0 Å². The number of hydrogen-bond donors (Lipinski definition) is 1. The molecule has 0 bridgehead atoms. The summed E-state index contributed by atoms with van der Waals surface area (Å²) >= 11 is 16.7. The molecule has 9 nitrogen and oxygen atoms in total. The van der Waals surface area contributed by atoms with Crippen LogP contribution in [-0.4, -0.2) is 75.3 Å². The first-order chi connectivity index (χ1) is 14.1. The third-order valence-electron chi connectivity index (χ3n) is 4.63. The van der Waals surface area contributed by atoms with Gasteiger partial charge in [-0.3, -0.25) is 14.4 Å². The summed E-state index contributed by atoms with van der Waals surface area (Å²) in [6, 6.07) is 7.26. The number of carbonyl (C=O) groups excluding carboxylic acids is 4. The van der Waals surface area contributed by atoms with Crippen molar-refractivity contribution in [2.45, 2.75) is 29.0 Å². The highest BCUT2D eigenvalue weighted by atomic mass is 35.6. The van der Waals surface area contributed by atoms with Crippen LogP contribution in [0.4, 0.5) is 0 Å². The Hall–Kier alpha value is -2.23. The Morgan fingerprint density at radius 1 is 1.20 bits per heavy atom. The molecule has 0 saturated carbocycles. The van der Waals surface area contributed by atoms with Gasteiger partial charge in [-0.15, -0.1) is 0 Å². The Balaban J connectivity index is 1.61. The topological polar surface area (TPSA) is 105 Å². The molecule has 3 amide bonds. The van der Waals surface area contributed by atoms with E-state index in [1.807, 2.05) is 6.07 Å². The summed E-state index contributed by atoms with van der Waals surface area (Å²) < 4.78 is 8.47. The van der Waals surface area contributed by atoms with Crippen LogP contribution < -0.4 is 10.1 Å². The summed E-state index contributed by atoms with van der Waals surface area (Å²) in [6.45, 7) is 0.486. The van der Waals surface area contributed by atoms with Crippen molar-refractivity contribution < 1.29 is 28.7 Å². The minimum absolute atomic E-state index is 0.0547. The van der Waals surface area contributed by atoms with Crippen LogP contribution in [-0.2, 0) is 23.9 Å². The van der Waals surface area contributed by atoms with Crippen molar-refractivity contribution in [2.24, 2.45) is 0 Å². The molecule has 3 rings (SSSR count). The van der Waals surface area contributed by atoms with Crippen LogP contribution >= 0.6 is 34.8 Å². The highest BCUT2D eigenvalue weighted by Gasteiger charge is 2.61. The van der Waals surface area contributed by atoms with Crippen molar-refractivity contribution in [3.8, 4) is 5.75 Å². The first-order valence-electron chi connectivity index (χ1n) is 8.88. The number of hydrogen-bond acceptors (Lipinski definition) is 6. The van der Waals surface area contributed by atoms with E-state index in [1.54, 1.807) is 24.3 Å². The highest BCUT2D eigenvalue weighted by molar-refractivity contribution is 6.67. The molecule has 2 aliphatic heterocycles. The quantitative estimate of drug-likeness (QED) is 0.369. The zero-order chi connectivity index (χ0) is 22.1. The summed E-state index contributed by atoms with van der Waals surface area (Å²) in [4.78, 5) is 51.5.